The smallest absolute Gasteiger partial charge is 0.0521 e. The van der Waals surface area contributed by atoms with Crippen molar-refractivity contribution in [2.45, 2.75) is 50.7 Å². The van der Waals surface area contributed by atoms with E-state index in [2.05, 4.69) is 26.7 Å². The van der Waals surface area contributed by atoms with Gasteiger partial charge in [-0.3, -0.25) is 0 Å². The van der Waals surface area contributed by atoms with Gasteiger partial charge in [-0.05, 0) is 37.8 Å². The Morgan fingerprint density at radius 1 is 1.46 bits per heavy atom. The maximum Gasteiger partial charge on any atom is 0.0521 e. The molecular weight excluding hydrogens is 179 g/mol. The Labute approximate surface area is 82.8 Å². The number of hydrogen-bond acceptors (Lipinski definition) is 2. The average Bonchev–Trinajstić information content (AvgIpc) is 2.52. The van der Waals surface area contributed by atoms with E-state index in [1.54, 1.807) is 0 Å². The summed E-state index contributed by atoms with van der Waals surface area (Å²) in [6.07, 6.45) is 6.72. The van der Waals surface area contributed by atoms with Gasteiger partial charge in [0.15, 0.2) is 0 Å². The van der Waals surface area contributed by atoms with Crippen LogP contribution in [0.2, 0.25) is 0 Å². The van der Waals surface area contributed by atoms with Gasteiger partial charge in [-0.25, -0.2) is 0 Å². The molecule has 0 spiro atoms. The quantitative estimate of drug-likeness (QED) is 0.641. The zero-order valence-corrected chi connectivity index (χ0v) is 9.45. The second kappa shape index (κ2) is 3.96. The van der Waals surface area contributed by atoms with Crippen LogP contribution in [0.1, 0.15) is 39.0 Å². The van der Waals surface area contributed by atoms with Crippen LogP contribution in [0.15, 0.2) is 5.10 Å². The van der Waals surface area contributed by atoms with Crippen LogP contribution >= 0.6 is 9.24 Å². The first-order chi connectivity index (χ1) is 6.25. The standard InChI is InChI=1S/C10H19N2P/c1-7-5-10(12-11-7)8-3-2-4-9(13)6-8/h8-10,12H,2-6,13H2,1H3. The molecule has 2 nitrogen and oxygen atoms in total. The van der Waals surface area contributed by atoms with Gasteiger partial charge in [0.2, 0.25) is 0 Å². The molecule has 2 aliphatic rings. The minimum Gasteiger partial charge on any atom is -0.306 e. The number of nitrogens with zero attached hydrogens (tertiary/aromatic N) is 1. The third kappa shape index (κ3) is 2.22. The Kier molecular flexibility index (Phi) is 2.88. The zero-order chi connectivity index (χ0) is 9.26. The highest BCUT2D eigenvalue weighted by Gasteiger charge is 2.29. The van der Waals surface area contributed by atoms with Gasteiger partial charge < -0.3 is 5.43 Å². The molecule has 1 fully saturated rings. The molecular formula is C10H19N2P. The van der Waals surface area contributed by atoms with Crippen LogP contribution in [-0.4, -0.2) is 17.4 Å². The second-order valence-corrected chi connectivity index (χ2v) is 5.42. The monoisotopic (exact) mass is 198 g/mol. The van der Waals surface area contributed by atoms with E-state index < -0.39 is 0 Å². The summed E-state index contributed by atoms with van der Waals surface area (Å²) in [4.78, 5) is 0. The first kappa shape index (κ1) is 9.45. The molecule has 0 aromatic heterocycles. The van der Waals surface area contributed by atoms with Crippen LogP contribution in [-0.2, 0) is 0 Å². The summed E-state index contributed by atoms with van der Waals surface area (Å²) in [6, 6.07) is 0.642. The molecule has 0 aromatic carbocycles. The number of hydrazone groups is 1. The van der Waals surface area contributed by atoms with Crippen molar-refractivity contribution in [3.05, 3.63) is 0 Å². The lowest BCUT2D eigenvalue weighted by atomic mass is 9.82. The Balaban J connectivity index is 1.87. The van der Waals surface area contributed by atoms with E-state index in [-0.39, 0.29) is 0 Å². The largest absolute Gasteiger partial charge is 0.306 e. The molecule has 4 atom stereocenters. The molecule has 3 heteroatoms. The highest BCUT2D eigenvalue weighted by Crippen LogP contribution is 2.33. The van der Waals surface area contributed by atoms with Crippen molar-refractivity contribution in [1.82, 2.24) is 5.43 Å². The van der Waals surface area contributed by atoms with E-state index in [0.717, 1.165) is 11.6 Å². The summed E-state index contributed by atoms with van der Waals surface area (Å²) in [5.74, 6) is 0.859. The third-order valence-corrected chi connectivity index (χ3v) is 3.87. The molecule has 2 rings (SSSR count). The second-order valence-electron chi connectivity index (χ2n) is 4.47. The van der Waals surface area contributed by atoms with E-state index in [9.17, 15) is 0 Å². The highest BCUT2D eigenvalue weighted by atomic mass is 31.0. The highest BCUT2D eigenvalue weighted by molar-refractivity contribution is 7.17. The van der Waals surface area contributed by atoms with Crippen molar-refractivity contribution in [2.24, 2.45) is 11.0 Å². The molecule has 1 aliphatic heterocycles. The van der Waals surface area contributed by atoms with Crippen molar-refractivity contribution in [3.8, 4) is 0 Å². The topological polar surface area (TPSA) is 24.4 Å². The SMILES string of the molecule is CC1=NNC(C2CCCC(P)C2)C1. The Morgan fingerprint density at radius 2 is 2.31 bits per heavy atom. The minimum atomic E-state index is 0.642. The Hall–Kier alpha value is -0.100. The van der Waals surface area contributed by atoms with Gasteiger partial charge in [-0.2, -0.15) is 5.10 Å². The van der Waals surface area contributed by atoms with Gasteiger partial charge in [-0.1, -0.05) is 6.42 Å². The summed E-state index contributed by atoms with van der Waals surface area (Å²) in [7, 11) is 2.98. The number of hydrogen-bond donors (Lipinski definition) is 1. The molecule has 0 saturated heterocycles. The van der Waals surface area contributed by atoms with Crippen LogP contribution in [0.25, 0.3) is 0 Å². The number of nitrogens with one attached hydrogen (secondary N) is 1. The summed E-state index contributed by atoms with van der Waals surface area (Å²) >= 11 is 0. The lowest BCUT2D eigenvalue weighted by Crippen LogP contribution is -2.33. The van der Waals surface area contributed by atoms with Crippen LogP contribution in [0.5, 0.6) is 0 Å². The van der Waals surface area contributed by atoms with Crippen molar-refractivity contribution in [3.63, 3.8) is 0 Å². The first-order valence-electron chi connectivity index (χ1n) is 5.30. The van der Waals surface area contributed by atoms with Gasteiger partial charge in [0.1, 0.15) is 0 Å². The van der Waals surface area contributed by atoms with Crippen LogP contribution in [0.3, 0.4) is 0 Å². The lowest BCUT2D eigenvalue weighted by molar-refractivity contribution is 0.290. The van der Waals surface area contributed by atoms with Crippen molar-refractivity contribution >= 4 is 15.0 Å². The maximum atomic E-state index is 4.28. The molecule has 0 bridgehead atoms. The average molecular weight is 198 g/mol. The maximum absolute atomic E-state index is 4.28. The van der Waals surface area contributed by atoms with Gasteiger partial charge in [0.25, 0.3) is 0 Å². The van der Waals surface area contributed by atoms with E-state index in [1.165, 1.54) is 37.8 Å². The Bertz CT molecular complexity index is 215. The fourth-order valence-electron chi connectivity index (χ4n) is 2.51. The normalized spacial score (nSPS) is 39.8. The van der Waals surface area contributed by atoms with Crippen LogP contribution in [0.4, 0.5) is 0 Å². The predicted molar refractivity (Wildman–Crippen MR) is 60.1 cm³/mol. The van der Waals surface area contributed by atoms with Gasteiger partial charge in [-0.15, -0.1) is 9.24 Å². The molecule has 0 amide bonds. The van der Waals surface area contributed by atoms with Crippen LogP contribution in [0, 0.1) is 5.92 Å². The molecule has 74 valence electrons. The fraction of sp³-hybridized carbons (Fsp3) is 0.900. The van der Waals surface area contributed by atoms with Gasteiger partial charge >= 0.3 is 0 Å². The van der Waals surface area contributed by atoms with E-state index in [4.69, 9.17) is 0 Å². The van der Waals surface area contributed by atoms with E-state index in [1.807, 2.05) is 0 Å². The molecule has 0 radical (unpaired) electrons. The Morgan fingerprint density at radius 3 is 2.92 bits per heavy atom. The summed E-state index contributed by atoms with van der Waals surface area (Å²) in [5, 5.41) is 4.28. The molecule has 13 heavy (non-hydrogen) atoms. The summed E-state index contributed by atoms with van der Waals surface area (Å²) < 4.78 is 0. The summed E-state index contributed by atoms with van der Waals surface area (Å²) in [6.45, 7) is 2.12. The third-order valence-electron chi connectivity index (χ3n) is 3.26. The first-order valence-corrected chi connectivity index (χ1v) is 5.96. The van der Waals surface area contributed by atoms with Crippen molar-refractivity contribution in [1.29, 1.82) is 0 Å². The van der Waals surface area contributed by atoms with Gasteiger partial charge in [0, 0.05) is 12.1 Å². The van der Waals surface area contributed by atoms with Gasteiger partial charge in [0.05, 0.1) is 6.04 Å². The van der Waals surface area contributed by atoms with Crippen molar-refractivity contribution in [2.75, 3.05) is 0 Å². The molecule has 1 saturated carbocycles. The molecule has 1 N–H and O–H groups in total. The molecule has 0 aromatic rings. The molecule has 4 unspecified atom stereocenters. The minimum absolute atomic E-state index is 0.642. The fourth-order valence-corrected chi connectivity index (χ4v) is 3.09. The summed E-state index contributed by atoms with van der Waals surface area (Å²) in [5.41, 5.74) is 5.40. The predicted octanol–water partition coefficient (Wildman–Crippen LogP) is 2.16. The molecule has 1 heterocycles. The van der Waals surface area contributed by atoms with Crippen molar-refractivity contribution < 1.29 is 0 Å². The van der Waals surface area contributed by atoms with E-state index >= 15 is 0 Å². The lowest BCUT2D eigenvalue weighted by Gasteiger charge is -2.30. The molecule has 1 aliphatic carbocycles. The van der Waals surface area contributed by atoms with E-state index in [0.29, 0.717) is 6.04 Å². The van der Waals surface area contributed by atoms with Crippen LogP contribution < -0.4 is 5.43 Å². The zero-order valence-electron chi connectivity index (χ0n) is 8.29. The number of rotatable bonds is 1.